The summed E-state index contributed by atoms with van der Waals surface area (Å²) in [6.45, 7) is 1.33. The number of carbonyl (C=O) groups excluding carboxylic acids is 1. The summed E-state index contributed by atoms with van der Waals surface area (Å²) in [4.78, 5) is 14.4. The van der Waals surface area contributed by atoms with Crippen molar-refractivity contribution >= 4 is 17.7 Å². The van der Waals surface area contributed by atoms with Crippen LogP contribution in [-0.4, -0.2) is 38.0 Å². The number of hydrogen-bond acceptors (Lipinski definition) is 5. The quantitative estimate of drug-likeness (QED) is 0.553. The average Bonchev–Trinajstić information content (AvgIpc) is 3.06. The second kappa shape index (κ2) is 7.40. The van der Waals surface area contributed by atoms with E-state index in [2.05, 4.69) is 22.3 Å². The lowest BCUT2D eigenvalue weighted by Crippen LogP contribution is -2.37. The first kappa shape index (κ1) is 17.5. The minimum absolute atomic E-state index is 0.0322. The Labute approximate surface area is 160 Å². The molecule has 4 rings (SSSR count). The molecule has 1 aliphatic heterocycles. The van der Waals surface area contributed by atoms with E-state index in [0.29, 0.717) is 29.6 Å². The van der Waals surface area contributed by atoms with E-state index in [4.69, 9.17) is 5.84 Å². The van der Waals surface area contributed by atoms with E-state index >= 15 is 0 Å². The van der Waals surface area contributed by atoms with E-state index in [1.165, 1.54) is 39.7 Å². The fourth-order valence-corrected chi connectivity index (χ4v) is 3.89. The maximum atomic E-state index is 13.4. The van der Waals surface area contributed by atoms with Crippen molar-refractivity contribution in [2.24, 2.45) is 0 Å². The molecule has 0 unspecified atom stereocenters. The highest BCUT2D eigenvalue weighted by atomic mass is 32.2. The van der Waals surface area contributed by atoms with Gasteiger partial charge in [0.2, 0.25) is 11.1 Å². The molecule has 2 N–H and O–H groups in total. The zero-order chi connectivity index (χ0) is 18.8. The number of thioether (sulfide) groups is 1. The highest BCUT2D eigenvalue weighted by molar-refractivity contribution is 7.99. The van der Waals surface area contributed by atoms with Gasteiger partial charge in [-0.3, -0.25) is 4.79 Å². The summed E-state index contributed by atoms with van der Waals surface area (Å²) in [5.41, 5.74) is 3.03. The lowest BCUT2D eigenvalue weighted by molar-refractivity contribution is -0.129. The highest BCUT2D eigenvalue weighted by Gasteiger charge is 2.21. The number of rotatable bonds is 4. The number of aromatic nitrogens is 3. The van der Waals surface area contributed by atoms with E-state index in [0.717, 1.165) is 6.42 Å². The number of nitrogens with zero attached hydrogens (tertiary/aromatic N) is 4. The molecule has 0 radical (unpaired) electrons. The Balaban J connectivity index is 1.42. The van der Waals surface area contributed by atoms with Crippen molar-refractivity contribution in [3.05, 3.63) is 65.5 Å². The molecule has 0 saturated heterocycles. The molecular weight excluding hydrogens is 365 g/mol. The van der Waals surface area contributed by atoms with E-state index in [1.54, 1.807) is 12.1 Å². The number of nitrogens with two attached hydrogens (primary N) is 1. The molecule has 2 heterocycles. The van der Waals surface area contributed by atoms with Gasteiger partial charge in [0, 0.05) is 18.7 Å². The maximum absolute atomic E-state index is 13.4. The normalized spacial score (nSPS) is 13.4. The van der Waals surface area contributed by atoms with Gasteiger partial charge in [-0.05, 0) is 29.7 Å². The van der Waals surface area contributed by atoms with E-state index in [-0.39, 0.29) is 17.5 Å². The van der Waals surface area contributed by atoms with Crippen LogP contribution in [0.5, 0.6) is 0 Å². The van der Waals surface area contributed by atoms with Gasteiger partial charge in [-0.25, -0.2) is 9.07 Å². The van der Waals surface area contributed by atoms with Gasteiger partial charge >= 0.3 is 0 Å². The second-order valence-electron chi connectivity index (χ2n) is 6.31. The molecule has 0 spiro atoms. The number of carbonyl (C=O) groups is 1. The van der Waals surface area contributed by atoms with Crippen LogP contribution in [0.25, 0.3) is 11.4 Å². The zero-order valence-electron chi connectivity index (χ0n) is 14.5. The molecule has 1 aromatic heterocycles. The Morgan fingerprint density at radius 1 is 1.15 bits per heavy atom. The molecule has 8 heteroatoms. The van der Waals surface area contributed by atoms with Gasteiger partial charge in [-0.2, -0.15) is 0 Å². The van der Waals surface area contributed by atoms with Crippen LogP contribution in [0, 0.1) is 5.82 Å². The van der Waals surface area contributed by atoms with Crippen LogP contribution in [0.15, 0.2) is 53.7 Å². The number of fused-ring (bicyclic) bond motifs is 1. The van der Waals surface area contributed by atoms with Gasteiger partial charge in [-0.1, -0.05) is 48.2 Å². The summed E-state index contributed by atoms with van der Waals surface area (Å²) < 4.78 is 14.7. The minimum atomic E-state index is -0.370. The van der Waals surface area contributed by atoms with Crippen LogP contribution in [0.1, 0.15) is 11.1 Å². The van der Waals surface area contributed by atoms with Crippen LogP contribution in [0.2, 0.25) is 0 Å². The van der Waals surface area contributed by atoms with Crippen LogP contribution in [-0.2, 0) is 17.8 Å². The van der Waals surface area contributed by atoms with Crippen molar-refractivity contribution in [2.45, 2.75) is 18.1 Å². The summed E-state index contributed by atoms with van der Waals surface area (Å²) in [5.74, 6) is 6.28. The topological polar surface area (TPSA) is 77.0 Å². The number of benzene rings is 2. The number of nitrogen functional groups attached to an aromatic ring is 1. The molecule has 0 aliphatic carbocycles. The Morgan fingerprint density at radius 2 is 1.96 bits per heavy atom. The third kappa shape index (κ3) is 3.66. The lowest BCUT2D eigenvalue weighted by atomic mass is 10.00. The number of hydrogen-bond donors (Lipinski definition) is 1. The summed E-state index contributed by atoms with van der Waals surface area (Å²) in [5, 5.41) is 8.47. The Bertz CT molecular complexity index is 990. The van der Waals surface area contributed by atoms with E-state index < -0.39 is 0 Å². The first-order chi connectivity index (χ1) is 13.1. The summed E-state index contributed by atoms with van der Waals surface area (Å²) in [7, 11) is 0. The van der Waals surface area contributed by atoms with Crippen molar-refractivity contribution in [3.63, 3.8) is 0 Å². The van der Waals surface area contributed by atoms with Gasteiger partial charge < -0.3 is 10.7 Å². The SMILES string of the molecule is Nn1c(SCC(=O)N2CCc3ccccc3C2)nnc1-c1cccc(F)c1. The van der Waals surface area contributed by atoms with Crippen molar-refractivity contribution in [1.82, 2.24) is 19.8 Å². The van der Waals surface area contributed by atoms with Crippen LogP contribution < -0.4 is 5.84 Å². The van der Waals surface area contributed by atoms with Crippen LogP contribution in [0.3, 0.4) is 0 Å². The molecule has 3 aromatic rings. The van der Waals surface area contributed by atoms with Crippen molar-refractivity contribution < 1.29 is 9.18 Å². The van der Waals surface area contributed by atoms with Gasteiger partial charge in [0.15, 0.2) is 5.82 Å². The average molecular weight is 383 g/mol. The number of amides is 1. The summed E-state index contributed by atoms with van der Waals surface area (Å²) in [6.07, 6.45) is 0.864. The van der Waals surface area contributed by atoms with Crippen molar-refractivity contribution in [1.29, 1.82) is 0 Å². The molecule has 2 aromatic carbocycles. The Morgan fingerprint density at radius 3 is 2.78 bits per heavy atom. The Hall–Kier alpha value is -2.87. The standard InChI is InChI=1S/C19H18FN5OS/c20-16-7-3-6-14(10-16)18-22-23-19(25(18)21)27-12-17(26)24-9-8-13-4-1-2-5-15(13)11-24/h1-7,10H,8-9,11-12,21H2. The van der Waals surface area contributed by atoms with E-state index in [1.807, 2.05) is 17.0 Å². The fourth-order valence-electron chi connectivity index (χ4n) is 3.13. The smallest absolute Gasteiger partial charge is 0.233 e. The molecule has 0 saturated carbocycles. The van der Waals surface area contributed by atoms with Gasteiger partial charge in [0.25, 0.3) is 0 Å². The molecule has 0 fully saturated rings. The summed E-state index contributed by atoms with van der Waals surface area (Å²) in [6, 6.07) is 14.2. The van der Waals surface area contributed by atoms with Crippen LogP contribution >= 0.6 is 11.8 Å². The zero-order valence-corrected chi connectivity index (χ0v) is 15.3. The third-order valence-corrected chi connectivity index (χ3v) is 5.48. The van der Waals surface area contributed by atoms with Gasteiger partial charge in [0.05, 0.1) is 5.75 Å². The largest absolute Gasteiger partial charge is 0.337 e. The molecule has 1 aliphatic rings. The second-order valence-corrected chi connectivity index (χ2v) is 7.25. The molecule has 0 atom stereocenters. The van der Waals surface area contributed by atoms with Gasteiger partial charge in [-0.15, -0.1) is 10.2 Å². The molecule has 6 nitrogen and oxygen atoms in total. The molecule has 1 amide bonds. The molecule has 27 heavy (non-hydrogen) atoms. The first-order valence-electron chi connectivity index (χ1n) is 8.55. The number of halogens is 1. The van der Waals surface area contributed by atoms with Crippen LogP contribution in [0.4, 0.5) is 4.39 Å². The lowest BCUT2D eigenvalue weighted by Gasteiger charge is -2.28. The highest BCUT2D eigenvalue weighted by Crippen LogP contribution is 2.24. The Kier molecular flexibility index (Phi) is 4.81. The fraction of sp³-hybridized carbons (Fsp3) is 0.211. The molecule has 138 valence electrons. The maximum Gasteiger partial charge on any atom is 0.233 e. The van der Waals surface area contributed by atoms with Crippen molar-refractivity contribution in [3.8, 4) is 11.4 Å². The van der Waals surface area contributed by atoms with Crippen molar-refractivity contribution in [2.75, 3.05) is 18.1 Å². The predicted molar refractivity (Wildman–Crippen MR) is 102 cm³/mol. The first-order valence-corrected chi connectivity index (χ1v) is 9.54. The third-order valence-electron chi connectivity index (χ3n) is 4.56. The molecular formula is C19H18FN5OS. The van der Waals surface area contributed by atoms with E-state index in [9.17, 15) is 9.18 Å². The minimum Gasteiger partial charge on any atom is -0.337 e. The molecule has 0 bridgehead atoms. The predicted octanol–water partition coefficient (Wildman–Crippen LogP) is 2.48. The monoisotopic (exact) mass is 383 g/mol. The summed E-state index contributed by atoms with van der Waals surface area (Å²) >= 11 is 1.23. The van der Waals surface area contributed by atoms with Gasteiger partial charge in [0.1, 0.15) is 5.82 Å².